The van der Waals surface area contributed by atoms with Crippen LogP contribution in [0.3, 0.4) is 0 Å². The maximum absolute atomic E-state index is 5.46. The summed E-state index contributed by atoms with van der Waals surface area (Å²) in [7, 11) is 0. The fraction of sp³-hybridized carbons (Fsp3) is 0.0244. The summed E-state index contributed by atoms with van der Waals surface area (Å²) in [5.41, 5.74) is 14.0. The van der Waals surface area contributed by atoms with Gasteiger partial charge >= 0.3 is 0 Å². The van der Waals surface area contributed by atoms with Crippen LogP contribution in [0.2, 0.25) is 0 Å². The quantitative estimate of drug-likeness (QED) is 0.215. The van der Waals surface area contributed by atoms with E-state index in [0.29, 0.717) is 0 Å². The van der Waals surface area contributed by atoms with Crippen molar-refractivity contribution in [2.24, 2.45) is 0 Å². The highest BCUT2D eigenvalue weighted by Gasteiger charge is 2.53. The lowest BCUT2D eigenvalue weighted by molar-refractivity contribution is 0.750. The molecule has 0 saturated carbocycles. The molecule has 0 N–H and O–H groups in total. The predicted molar refractivity (Wildman–Crippen MR) is 178 cm³/mol. The summed E-state index contributed by atoms with van der Waals surface area (Å²) < 4.78 is 0. The molecule has 3 heterocycles. The van der Waals surface area contributed by atoms with Gasteiger partial charge < -0.3 is 4.90 Å². The molecule has 44 heavy (non-hydrogen) atoms. The van der Waals surface area contributed by atoms with Crippen LogP contribution in [0.15, 0.2) is 164 Å². The molecule has 0 radical (unpaired) electrons. The second kappa shape index (κ2) is 9.62. The van der Waals surface area contributed by atoms with Crippen molar-refractivity contribution in [1.82, 2.24) is 9.97 Å². The molecule has 0 fully saturated rings. The van der Waals surface area contributed by atoms with Crippen molar-refractivity contribution in [1.29, 1.82) is 0 Å². The highest BCUT2D eigenvalue weighted by molar-refractivity contribution is 5.99. The van der Waals surface area contributed by atoms with Gasteiger partial charge in [-0.25, -0.2) is 4.98 Å². The Balaban J connectivity index is 1.46. The van der Waals surface area contributed by atoms with Gasteiger partial charge in [0.05, 0.1) is 33.9 Å². The normalized spacial score (nSPS) is 13.6. The van der Waals surface area contributed by atoms with Gasteiger partial charge in [-0.1, -0.05) is 115 Å². The Kier molecular flexibility index (Phi) is 5.41. The van der Waals surface area contributed by atoms with E-state index in [4.69, 9.17) is 9.97 Å². The van der Waals surface area contributed by atoms with E-state index < -0.39 is 5.41 Å². The molecular formula is C41H27N3. The van der Waals surface area contributed by atoms with E-state index in [-0.39, 0.29) is 0 Å². The van der Waals surface area contributed by atoms with Crippen LogP contribution in [0, 0.1) is 0 Å². The standard InChI is InChI=1S/C41H27N3/c1-3-15-28(16-4-1)36-27-31-30-19-7-8-20-32(30)41(39(31)40(43-36)35-23-13-14-26-42-35)33-21-9-11-24-37(33)44(29-17-5-2-6-18-29)38-25-12-10-22-34(38)41/h1-27H. The van der Waals surface area contributed by atoms with E-state index in [9.17, 15) is 0 Å². The lowest BCUT2D eigenvalue weighted by Crippen LogP contribution is -2.36. The van der Waals surface area contributed by atoms with Crippen molar-refractivity contribution < 1.29 is 0 Å². The summed E-state index contributed by atoms with van der Waals surface area (Å²) in [6.07, 6.45) is 1.87. The molecule has 0 unspecified atom stereocenters. The predicted octanol–water partition coefficient (Wildman–Crippen LogP) is 9.96. The van der Waals surface area contributed by atoms with Crippen molar-refractivity contribution >= 4 is 17.1 Å². The van der Waals surface area contributed by atoms with Crippen molar-refractivity contribution in [3.05, 3.63) is 186 Å². The SMILES string of the molecule is c1ccc(-c2cc3c(c(-c4ccccn4)n2)C2(c4ccccc4-3)c3ccccc3N(c3ccccc3)c3ccccc32)cc1. The molecule has 7 aromatic rings. The van der Waals surface area contributed by atoms with Gasteiger partial charge in [0.25, 0.3) is 0 Å². The third kappa shape index (κ3) is 3.38. The summed E-state index contributed by atoms with van der Waals surface area (Å²) in [4.78, 5) is 12.8. The number of para-hydroxylation sites is 3. The van der Waals surface area contributed by atoms with E-state index in [1.165, 1.54) is 44.8 Å². The molecule has 9 rings (SSSR count). The number of nitrogens with zero attached hydrogens (tertiary/aromatic N) is 3. The number of benzene rings is 5. The lowest BCUT2D eigenvalue weighted by atomic mass is 9.64. The maximum Gasteiger partial charge on any atom is 0.0947 e. The smallest absolute Gasteiger partial charge is 0.0947 e. The molecule has 206 valence electrons. The van der Waals surface area contributed by atoms with E-state index in [1.807, 2.05) is 12.3 Å². The summed E-state index contributed by atoms with van der Waals surface area (Å²) in [6, 6.07) is 56.2. The Hall–Kier alpha value is -5.80. The first-order valence-electron chi connectivity index (χ1n) is 15.0. The Morgan fingerprint density at radius 3 is 1.75 bits per heavy atom. The third-order valence-electron chi connectivity index (χ3n) is 9.11. The number of fused-ring (bicyclic) bond motifs is 9. The molecule has 0 saturated heterocycles. The minimum Gasteiger partial charge on any atom is -0.310 e. The number of rotatable bonds is 3. The largest absolute Gasteiger partial charge is 0.310 e. The molecule has 5 aromatic carbocycles. The molecule has 3 heteroatoms. The average molecular weight is 562 g/mol. The highest BCUT2D eigenvalue weighted by atomic mass is 15.2. The molecule has 0 amide bonds. The zero-order chi connectivity index (χ0) is 29.1. The fourth-order valence-corrected chi connectivity index (χ4v) is 7.42. The Bertz CT molecular complexity index is 2120. The van der Waals surface area contributed by atoms with Crippen LogP contribution in [0.1, 0.15) is 22.3 Å². The summed E-state index contributed by atoms with van der Waals surface area (Å²) >= 11 is 0. The number of aromatic nitrogens is 2. The van der Waals surface area contributed by atoms with E-state index in [0.717, 1.165) is 28.3 Å². The summed E-state index contributed by atoms with van der Waals surface area (Å²) in [5, 5.41) is 0. The van der Waals surface area contributed by atoms with Crippen LogP contribution in [-0.4, -0.2) is 9.97 Å². The topological polar surface area (TPSA) is 29.0 Å². The number of pyridine rings is 2. The van der Waals surface area contributed by atoms with Crippen molar-refractivity contribution in [3.63, 3.8) is 0 Å². The van der Waals surface area contributed by atoms with Crippen LogP contribution < -0.4 is 4.90 Å². The Morgan fingerprint density at radius 1 is 0.477 bits per heavy atom. The molecule has 2 aromatic heterocycles. The average Bonchev–Trinajstić information content (AvgIpc) is 3.40. The fourth-order valence-electron chi connectivity index (χ4n) is 7.42. The lowest BCUT2D eigenvalue weighted by Gasteiger charge is -2.45. The van der Waals surface area contributed by atoms with Gasteiger partial charge in [0.2, 0.25) is 0 Å². The first-order valence-corrected chi connectivity index (χ1v) is 15.0. The number of anilines is 3. The highest BCUT2D eigenvalue weighted by Crippen LogP contribution is 2.64. The van der Waals surface area contributed by atoms with Crippen molar-refractivity contribution in [2.75, 3.05) is 4.90 Å². The zero-order valence-electron chi connectivity index (χ0n) is 23.9. The first kappa shape index (κ1) is 24.8. The number of hydrogen-bond acceptors (Lipinski definition) is 3. The van der Waals surface area contributed by atoms with Crippen LogP contribution in [0.4, 0.5) is 17.1 Å². The maximum atomic E-state index is 5.46. The van der Waals surface area contributed by atoms with E-state index in [2.05, 4.69) is 157 Å². The Labute approximate surface area is 256 Å². The van der Waals surface area contributed by atoms with Crippen LogP contribution in [-0.2, 0) is 5.41 Å². The van der Waals surface area contributed by atoms with Gasteiger partial charge in [-0.3, -0.25) is 4.98 Å². The van der Waals surface area contributed by atoms with Gasteiger partial charge in [0.1, 0.15) is 0 Å². The molecule has 1 aliphatic carbocycles. The molecule has 1 aliphatic heterocycles. The van der Waals surface area contributed by atoms with Gasteiger partial charge in [-0.05, 0) is 70.3 Å². The van der Waals surface area contributed by atoms with E-state index >= 15 is 0 Å². The third-order valence-corrected chi connectivity index (χ3v) is 9.11. The van der Waals surface area contributed by atoms with Crippen LogP contribution in [0.25, 0.3) is 33.8 Å². The monoisotopic (exact) mass is 561 g/mol. The zero-order valence-corrected chi connectivity index (χ0v) is 23.9. The first-order chi connectivity index (χ1) is 21.9. The summed E-state index contributed by atoms with van der Waals surface area (Å²) in [6.45, 7) is 0. The molecule has 3 nitrogen and oxygen atoms in total. The molecule has 0 bridgehead atoms. The van der Waals surface area contributed by atoms with Gasteiger partial charge in [0.15, 0.2) is 0 Å². The molecule has 2 aliphatic rings. The molecule has 1 spiro atoms. The Morgan fingerprint density at radius 2 is 1.07 bits per heavy atom. The second-order valence-corrected chi connectivity index (χ2v) is 11.4. The molecule has 0 atom stereocenters. The van der Waals surface area contributed by atoms with E-state index in [1.54, 1.807) is 0 Å². The van der Waals surface area contributed by atoms with Crippen LogP contribution in [0.5, 0.6) is 0 Å². The molecular weight excluding hydrogens is 534 g/mol. The van der Waals surface area contributed by atoms with Crippen molar-refractivity contribution in [2.45, 2.75) is 5.41 Å². The summed E-state index contributed by atoms with van der Waals surface area (Å²) in [5.74, 6) is 0. The van der Waals surface area contributed by atoms with Gasteiger partial charge in [-0.15, -0.1) is 0 Å². The van der Waals surface area contributed by atoms with Gasteiger partial charge in [0, 0.05) is 23.0 Å². The minimum atomic E-state index is -0.598. The van der Waals surface area contributed by atoms with Crippen molar-refractivity contribution in [3.8, 4) is 33.8 Å². The minimum absolute atomic E-state index is 0.598. The second-order valence-electron chi connectivity index (χ2n) is 11.4. The number of hydrogen-bond donors (Lipinski definition) is 0. The van der Waals surface area contributed by atoms with Gasteiger partial charge in [-0.2, -0.15) is 0 Å². The van der Waals surface area contributed by atoms with Crippen LogP contribution >= 0.6 is 0 Å².